The molecule has 0 amide bonds. The van der Waals surface area contributed by atoms with Crippen LogP contribution in [0.2, 0.25) is 0 Å². The summed E-state index contributed by atoms with van der Waals surface area (Å²) in [6.07, 6.45) is 2.38. The molecule has 0 bridgehead atoms. The summed E-state index contributed by atoms with van der Waals surface area (Å²) in [6.45, 7) is 2.00. The van der Waals surface area contributed by atoms with E-state index >= 15 is 0 Å². The quantitative estimate of drug-likeness (QED) is 0.435. The van der Waals surface area contributed by atoms with Crippen LogP contribution in [-0.4, -0.2) is 23.3 Å². The second-order valence-electron chi connectivity index (χ2n) is 2.05. The van der Waals surface area contributed by atoms with Crippen molar-refractivity contribution in [2.45, 2.75) is 12.8 Å². The van der Waals surface area contributed by atoms with Crippen molar-refractivity contribution in [3.8, 4) is 0 Å². The van der Waals surface area contributed by atoms with E-state index in [0.717, 1.165) is 13.1 Å². The molecule has 52 valence electrons. The fraction of sp³-hybridized carbons (Fsp3) is 0.800. The summed E-state index contributed by atoms with van der Waals surface area (Å²) in [5.74, 6) is 3.61. The largest absolute Gasteiger partial charge is 0.236 e. The molecule has 4 heteroatoms. The molecule has 0 aliphatic carbocycles. The third kappa shape index (κ3) is 1.59. The van der Waals surface area contributed by atoms with Crippen LogP contribution in [0.15, 0.2) is 4.58 Å². The van der Waals surface area contributed by atoms with Gasteiger partial charge < -0.3 is 0 Å². The van der Waals surface area contributed by atoms with Crippen molar-refractivity contribution in [2.75, 3.05) is 13.1 Å². The summed E-state index contributed by atoms with van der Waals surface area (Å²) >= 11 is 0. The zero-order valence-corrected chi connectivity index (χ0v) is 6.06. The second-order valence-corrected chi connectivity index (χ2v) is 3.40. The molecule has 1 fully saturated rings. The van der Waals surface area contributed by atoms with Gasteiger partial charge in [0.05, 0.1) is 0 Å². The SMILES string of the molecule is C=S(N=O)N1CCCC1. The first-order valence-corrected chi connectivity index (χ1v) is 4.28. The summed E-state index contributed by atoms with van der Waals surface area (Å²) in [5.41, 5.74) is 0. The first kappa shape index (κ1) is 6.89. The van der Waals surface area contributed by atoms with Crippen molar-refractivity contribution in [1.82, 2.24) is 4.31 Å². The summed E-state index contributed by atoms with van der Waals surface area (Å²) in [7, 11) is -0.600. The molecule has 0 aromatic rings. The van der Waals surface area contributed by atoms with Crippen molar-refractivity contribution in [2.24, 2.45) is 4.58 Å². The molecule has 1 heterocycles. The Kier molecular flexibility index (Phi) is 2.36. The van der Waals surface area contributed by atoms with E-state index in [1.807, 2.05) is 4.31 Å². The van der Waals surface area contributed by atoms with Crippen LogP contribution >= 0.6 is 10.9 Å². The van der Waals surface area contributed by atoms with Crippen LogP contribution in [0.1, 0.15) is 12.8 Å². The van der Waals surface area contributed by atoms with Crippen molar-refractivity contribution < 1.29 is 0 Å². The summed E-state index contributed by atoms with van der Waals surface area (Å²) in [4.78, 5) is 9.95. The van der Waals surface area contributed by atoms with Gasteiger partial charge in [0.2, 0.25) is 0 Å². The zero-order chi connectivity index (χ0) is 6.69. The first-order chi connectivity index (χ1) is 4.34. The van der Waals surface area contributed by atoms with Gasteiger partial charge in [0.1, 0.15) is 0 Å². The zero-order valence-electron chi connectivity index (χ0n) is 5.25. The molecule has 1 atom stereocenters. The minimum atomic E-state index is -0.600. The van der Waals surface area contributed by atoms with Crippen LogP contribution in [0.25, 0.3) is 0 Å². The lowest BCUT2D eigenvalue weighted by Crippen LogP contribution is -2.09. The van der Waals surface area contributed by atoms with Gasteiger partial charge in [0, 0.05) is 28.5 Å². The van der Waals surface area contributed by atoms with Gasteiger partial charge in [-0.25, -0.2) is 4.31 Å². The van der Waals surface area contributed by atoms with Crippen LogP contribution in [0.4, 0.5) is 0 Å². The fourth-order valence-corrected chi connectivity index (χ4v) is 1.72. The standard InChI is InChI=1S/C5H10N2OS/c1-9(6-8)7-4-2-3-5-7/h1-5H2. The lowest BCUT2D eigenvalue weighted by molar-refractivity contribution is 0.585. The summed E-state index contributed by atoms with van der Waals surface area (Å²) < 4.78 is 4.88. The summed E-state index contributed by atoms with van der Waals surface area (Å²) in [6, 6.07) is 0. The topological polar surface area (TPSA) is 32.7 Å². The molecule has 1 aliphatic heterocycles. The normalized spacial score (nSPS) is 24.0. The molecule has 9 heavy (non-hydrogen) atoms. The minimum absolute atomic E-state index is 0.600. The van der Waals surface area contributed by atoms with E-state index in [-0.39, 0.29) is 0 Å². The predicted molar refractivity (Wildman–Crippen MR) is 41.3 cm³/mol. The average molecular weight is 146 g/mol. The number of nitrogens with zero attached hydrogens (tertiary/aromatic N) is 2. The van der Waals surface area contributed by atoms with Crippen LogP contribution in [0.3, 0.4) is 0 Å². The van der Waals surface area contributed by atoms with Crippen molar-refractivity contribution in [1.29, 1.82) is 0 Å². The monoisotopic (exact) mass is 146 g/mol. The molecule has 3 nitrogen and oxygen atoms in total. The average Bonchev–Trinajstić information content (AvgIpc) is 2.37. The fourth-order valence-electron chi connectivity index (χ4n) is 0.946. The molecule has 1 saturated heterocycles. The van der Waals surface area contributed by atoms with Crippen molar-refractivity contribution in [3.05, 3.63) is 4.91 Å². The Morgan fingerprint density at radius 2 is 2.00 bits per heavy atom. The molecule has 0 N–H and O–H groups in total. The summed E-state index contributed by atoms with van der Waals surface area (Å²) in [5, 5.41) is 0. The Bertz CT molecular complexity index is 131. The van der Waals surface area contributed by atoms with E-state index in [1.54, 1.807) is 0 Å². The molecule has 0 aromatic carbocycles. The van der Waals surface area contributed by atoms with E-state index in [9.17, 15) is 4.91 Å². The molecule has 0 saturated carbocycles. The Hall–Kier alpha value is -0.220. The maximum Gasteiger partial charge on any atom is 0.0362 e. The van der Waals surface area contributed by atoms with Gasteiger partial charge in [0.15, 0.2) is 0 Å². The van der Waals surface area contributed by atoms with E-state index in [0.29, 0.717) is 0 Å². The second kappa shape index (κ2) is 3.08. The third-order valence-electron chi connectivity index (χ3n) is 1.45. The number of rotatable bonds is 2. The predicted octanol–water partition coefficient (Wildman–Crippen LogP) is 1.38. The molecule has 0 radical (unpaired) electrons. The van der Waals surface area contributed by atoms with Gasteiger partial charge in [-0.05, 0) is 18.7 Å². The van der Waals surface area contributed by atoms with Gasteiger partial charge in [-0.2, -0.15) is 0 Å². The molecule has 0 spiro atoms. The van der Waals surface area contributed by atoms with Gasteiger partial charge >= 0.3 is 0 Å². The van der Waals surface area contributed by atoms with Crippen LogP contribution < -0.4 is 0 Å². The highest BCUT2D eigenvalue weighted by Crippen LogP contribution is 2.23. The van der Waals surface area contributed by atoms with E-state index in [1.165, 1.54) is 12.8 Å². The maximum absolute atomic E-state index is 9.95. The highest BCUT2D eigenvalue weighted by atomic mass is 32.2. The maximum atomic E-state index is 9.95. The van der Waals surface area contributed by atoms with Gasteiger partial charge in [0.25, 0.3) is 0 Å². The number of hydrogen-bond donors (Lipinski definition) is 0. The Morgan fingerprint density at radius 1 is 1.44 bits per heavy atom. The molecular weight excluding hydrogens is 136 g/mol. The smallest absolute Gasteiger partial charge is 0.0362 e. The number of nitroso groups, excluding NO2 is 1. The van der Waals surface area contributed by atoms with Crippen LogP contribution in [-0.2, 0) is 0 Å². The highest BCUT2D eigenvalue weighted by Gasteiger charge is 2.13. The first-order valence-electron chi connectivity index (χ1n) is 2.97. The van der Waals surface area contributed by atoms with E-state index in [4.69, 9.17) is 0 Å². The van der Waals surface area contributed by atoms with Crippen molar-refractivity contribution in [3.63, 3.8) is 0 Å². The molecule has 1 rings (SSSR count). The lowest BCUT2D eigenvalue weighted by atomic mass is 10.4. The minimum Gasteiger partial charge on any atom is -0.236 e. The van der Waals surface area contributed by atoms with Gasteiger partial charge in [-0.15, -0.1) is 4.91 Å². The van der Waals surface area contributed by atoms with E-state index in [2.05, 4.69) is 10.5 Å². The van der Waals surface area contributed by atoms with Crippen molar-refractivity contribution >= 4 is 16.7 Å². The van der Waals surface area contributed by atoms with Crippen LogP contribution in [0.5, 0.6) is 0 Å². The Balaban J connectivity index is 2.41. The van der Waals surface area contributed by atoms with Gasteiger partial charge in [-0.3, -0.25) is 0 Å². The highest BCUT2D eigenvalue weighted by molar-refractivity contribution is 8.10. The Morgan fingerprint density at radius 3 is 2.44 bits per heavy atom. The molecule has 0 aromatic heterocycles. The van der Waals surface area contributed by atoms with Gasteiger partial charge in [-0.1, -0.05) is 0 Å². The molecule has 1 aliphatic rings. The van der Waals surface area contributed by atoms with E-state index < -0.39 is 10.9 Å². The van der Waals surface area contributed by atoms with Crippen LogP contribution in [0, 0.1) is 4.91 Å². The molecule has 1 unspecified atom stereocenters. The third-order valence-corrected chi connectivity index (χ3v) is 2.58. The molecular formula is C5H10N2OS. The Labute approximate surface area is 57.2 Å². The number of hydrogen-bond acceptors (Lipinski definition) is 3. The lowest BCUT2D eigenvalue weighted by Gasteiger charge is -2.10.